The summed E-state index contributed by atoms with van der Waals surface area (Å²) in [5.74, 6) is -0.426. The lowest BCUT2D eigenvalue weighted by Crippen LogP contribution is -2.32. The van der Waals surface area contributed by atoms with E-state index >= 15 is 0 Å². The molecule has 1 unspecified atom stereocenters. The van der Waals surface area contributed by atoms with E-state index in [-0.39, 0.29) is 11.8 Å². The number of nitrogens with one attached hydrogen (secondary N) is 1. The maximum atomic E-state index is 11.6. The maximum absolute atomic E-state index is 11.6. The van der Waals surface area contributed by atoms with Crippen LogP contribution in [0.1, 0.15) is 30.3 Å². The van der Waals surface area contributed by atoms with Gasteiger partial charge in [-0.2, -0.15) is 0 Å². The topological polar surface area (TPSA) is 85.4 Å². The van der Waals surface area contributed by atoms with E-state index in [9.17, 15) is 14.9 Å². The summed E-state index contributed by atoms with van der Waals surface area (Å²) < 4.78 is 4.78. The van der Waals surface area contributed by atoms with Gasteiger partial charge in [0, 0.05) is 11.9 Å². The van der Waals surface area contributed by atoms with E-state index in [2.05, 4.69) is 5.32 Å². The summed E-state index contributed by atoms with van der Waals surface area (Å²) in [5, 5.41) is 13.0. The Kier molecular flexibility index (Phi) is 4.96. The molecule has 0 aliphatic heterocycles. The number of furan rings is 1. The van der Waals surface area contributed by atoms with Crippen molar-refractivity contribution in [3.63, 3.8) is 0 Å². The molecule has 0 bridgehead atoms. The number of alkyl halides is 1. The SMILES string of the molecule is CC(CCCCl)NC(=O)c1ccc([N+](=O)[O-])o1. The average Bonchev–Trinajstić information content (AvgIpc) is 2.75. The normalized spacial score (nSPS) is 12.1. The number of rotatable bonds is 6. The van der Waals surface area contributed by atoms with Crippen LogP contribution in [0.15, 0.2) is 16.5 Å². The lowest BCUT2D eigenvalue weighted by Gasteiger charge is -2.11. The monoisotopic (exact) mass is 260 g/mol. The van der Waals surface area contributed by atoms with Gasteiger partial charge in [-0.1, -0.05) is 0 Å². The molecule has 6 nitrogen and oxygen atoms in total. The van der Waals surface area contributed by atoms with Crippen molar-refractivity contribution in [1.82, 2.24) is 5.32 Å². The number of hydrogen-bond acceptors (Lipinski definition) is 4. The Morgan fingerprint density at radius 3 is 2.88 bits per heavy atom. The molecule has 17 heavy (non-hydrogen) atoms. The van der Waals surface area contributed by atoms with Crippen LogP contribution in [-0.2, 0) is 0 Å². The number of amides is 1. The molecule has 1 aromatic heterocycles. The second kappa shape index (κ2) is 6.24. The second-order valence-corrected chi connectivity index (χ2v) is 3.98. The smallest absolute Gasteiger partial charge is 0.395 e. The van der Waals surface area contributed by atoms with Crippen molar-refractivity contribution in [3.8, 4) is 0 Å². The standard InChI is InChI=1S/C10H13ClN2O4/c1-7(3-2-6-11)12-10(14)8-4-5-9(17-8)13(15)16/h4-5,7H,2-3,6H2,1H3,(H,12,14). The van der Waals surface area contributed by atoms with Crippen LogP contribution in [-0.4, -0.2) is 22.8 Å². The van der Waals surface area contributed by atoms with E-state index < -0.39 is 16.7 Å². The minimum absolute atomic E-state index is 0.0505. The van der Waals surface area contributed by atoms with Crippen LogP contribution in [0.5, 0.6) is 0 Å². The van der Waals surface area contributed by atoms with Gasteiger partial charge in [-0.25, -0.2) is 0 Å². The Morgan fingerprint density at radius 1 is 1.65 bits per heavy atom. The molecule has 0 radical (unpaired) electrons. The fourth-order valence-corrected chi connectivity index (χ4v) is 1.45. The van der Waals surface area contributed by atoms with Crippen molar-refractivity contribution in [1.29, 1.82) is 0 Å². The zero-order chi connectivity index (χ0) is 12.8. The van der Waals surface area contributed by atoms with Crippen LogP contribution in [0.4, 0.5) is 5.88 Å². The third-order valence-corrected chi connectivity index (χ3v) is 2.41. The number of carbonyl (C=O) groups excluding carboxylic acids is 1. The largest absolute Gasteiger partial charge is 0.433 e. The Balaban J connectivity index is 2.54. The van der Waals surface area contributed by atoms with Gasteiger partial charge in [-0.15, -0.1) is 11.6 Å². The first-order chi connectivity index (χ1) is 8.04. The van der Waals surface area contributed by atoms with E-state index in [4.69, 9.17) is 16.0 Å². The zero-order valence-corrected chi connectivity index (χ0v) is 10.1. The van der Waals surface area contributed by atoms with Crippen molar-refractivity contribution in [2.24, 2.45) is 0 Å². The van der Waals surface area contributed by atoms with Crippen LogP contribution in [0.3, 0.4) is 0 Å². The predicted octanol–water partition coefficient (Wildman–Crippen LogP) is 2.33. The van der Waals surface area contributed by atoms with Gasteiger partial charge < -0.3 is 9.73 Å². The third-order valence-electron chi connectivity index (χ3n) is 2.14. The molecule has 1 amide bonds. The first kappa shape index (κ1) is 13.5. The minimum atomic E-state index is -0.687. The number of hydrogen-bond donors (Lipinski definition) is 1. The zero-order valence-electron chi connectivity index (χ0n) is 9.31. The summed E-state index contributed by atoms with van der Waals surface area (Å²) in [4.78, 5) is 21.3. The summed E-state index contributed by atoms with van der Waals surface area (Å²) in [6, 6.07) is 2.38. The van der Waals surface area contributed by atoms with Gasteiger partial charge in [0.05, 0.1) is 6.07 Å². The highest BCUT2D eigenvalue weighted by molar-refractivity contribution is 6.17. The number of carbonyl (C=O) groups is 1. The highest BCUT2D eigenvalue weighted by Gasteiger charge is 2.18. The van der Waals surface area contributed by atoms with Crippen LogP contribution >= 0.6 is 11.6 Å². The number of nitrogens with zero attached hydrogens (tertiary/aromatic N) is 1. The molecule has 1 aromatic rings. The second-order valence-electron chi connectivity index (χ2n) is 3.60. The van der Waals surface area contributed by atoms with Gasteiger partial charge >= 0.3 is 5.88 Å². The van der Waals surface area contributed by atoms with Gasteiger partial charge in [0.15, 0.2) is 5.76 Å². The van der Waals surface area contributed by atoms with Gasteiger partial charge in [-0.05, 0) is 25.8 Å². The first-order valence-corrected chi connectivity index (χ1v) is 5.69. The Morgan fingerprint density at radius 2 is 2.35 bits per heavy atom. The van der Waals surface area contributed by atoms with Gasteiger partial charge in [0.1, 0.15) is 4.92 Å². The van der Waals surface area contributed by atoms with Crippen molar-refractivity contribution in [2.45, 2.75) is 25.8 Å². The third kappa shape index (κ3) is 4.07. The first-order valence-electron chi connectivity index (χ1n) is 5.15. The minimum Gasteiger partial charge on any atom is -0.395 e. The quantitative estimate of drug-likeness (QED) is 0.483. The van der Waals surface area contributed by atoms with Crippen molar-refractivity contribution in [3.05, 3.63) is 28.0 Å². The summed E-state index contributed by atoms with van der Waals surface area (Å²) in [6.45, 7) is 1.84. The molecule has 0 fully saturated rings. The Hall–Kier alpha value is -1.56. The molecule has 0 aliphatic rings. The molecule has 94 valence electrons. The number of halogens is 1. The molecule has 1 rings (SSSR count). The molecule has 0 aliphatic carbocycles. The van der Waals surface area contributed by atoms with Crippen molar-refractivity contribution < 1.29 is 14.1 Å². The van der Waals surface area contributed by atoms with E-state index in [0.717, 1.165) is 18.9 Å². The molecular weight excluding hydrogens is 248 g/mol. The fraction of sp³-hybridized carbons (Fsp3) is 0.500. The van der Waals surface area contributed by atoms with Gasteiger partial charge in [-0.3, -0.25) is 14.9 Å². The van der Waals surface area contributed by atoms with Gasteiger partial charge in [0.2, 0.25) is 0 Å². The van der Waals surface area contributed by atoms with Crippen LogP contribution in [0.2, 0.25) is 0 Å². The van der Waals surface area contributed by atoms with E-state index in [0.29, 0.717) is 5.88 Å². The fourth-order valence-electron chi connectivity index (χ4n) is 1.30. The van der Waals surface area contributed by atoms with E-state index in [1.165, 1.54) is 6.07 Å². The summed E-state index contributed by atoms with van der Waals surface area (Å²) in [7, 11) is 0. The van der Waals surface area contributed by atoms with Crippen molar-refractivity contribution >= 4 is 23.4 Å². The summed E-state index contributed by atoms with van der Waals surface area (Å²) >= 11 is 5.53. The average molecular weight is 261 g/mol. The molecule has 1 N–H and O–H groups in total. The molecule has 7 heteroatoms. The molecule has 0 saturated heterocycles. The molecule has 0 aromatic carbocycles. The lowest BCUT2D eigenvalue weighted by atomic mass is 10.2. The highest BCUT2D eigenvalue weighted by atomic mass is 35.5. The van der Waals surface area contributed by atoms with Crippen LogP contribution < -0.4 is 5.32 Å². The predicted molar refractivity (Wildman–Crippen MR) is 62.2 cm³/mol. The Bertz CT molecular complexity index is 405. The molecule has 0 saturated carbocycles. The summed E-state index contributed by atoms with van der Waals surface area (Å²) in [6.07, 6.45) is 1.54. The highest BCUT2D eigenvalue weighted by Crippen LogP contribution is 2.15. The molecule has 1 heterocycles. The van der Waals surface area contributed by atoms with E-state index in [1.807, 2.05) is 6.92 Å². The van der Waals surface area contributed by atoms with E-state index in [1.54, 1.807) is 0 Å². The Labute approximate surface area is 103 Å². The van der Waals surface area contributed by atoms with Crippen LogP contribution in [0, 0.1) is 10.1 Å². The maximum Gasteiger partial charge on any atom is 0.433 e. The summed E-state index contributed by atoms with van der Waals surface area (Å²) in [5.41, 5.74) is 0. The molecule has 1 atom stereocenters. The number of nitro groups is 1. The molecular formula is C10H13ClN2O4. The van der Waals surface area contributed by atoms with Crippen molar-refractivity contribution in [2.75, 3.05) is 5.88 Å². The molecule has 0 spiro atoms. The van der Waals surface area contributed by atoms with Gasteiger partial charge in [0.25, 0.3) is 5.91 Å². The lowest BCUT2D eigenvalue weighted by molar-refractivity contribution is -0.402. The van der Waals surface area contributed by atoms with Crippen LogP contribution in [0.25, 0.3) is 0 Å².